The van der Waals surface area contributed by atoms with Gasteiger partial charge >= 0.3 is 0 Å². The van der Waals surface area contributed by atoms with Gasteiger partial charge in [-0.3, -0.25) is 0 Å². The molecule has 0 amide bonds. The Labute approximate surface area is 214 Å². The molecule has 0 aliphatic rings. The standard InChI is InChI=1S/C28H59ClNO.ClH/c1-4-6-8-10-12-14-16-18-20-22-24-30(3,27-28(31)26-29)25-23-21-19-17-15-13-11-9-7-5-2;/h28,31H,4-27H2,1-3H3;1H/q+1;/p-1. The Morgan fingerprint density at radius 2 is 0.844 bits per heavy atom. The first-order chi connectivity index (χ1) is 15.1. The quantitative estimate of drug-likeness (QED) is 0.0951. The zero-order valence-corrected chi connectivity index (χ0v) is 23.7. The number of nitrogens with zero attached hydrogens (tertiary/aromatic N) is 1. The van der Waals surface area contributed by atoms with Gasteiger partial charge in [0.15, 0.2) is 0 Å². The van der Waals surface area contributed by atoms with Gasteiger partial charge in [-0.1, -0.05) is 117 Å². The van der Waals surface area contributed by atoms with E-state index < -0.39 is 0 Å². The van der Waals surface area contributed by atoms with Crippen LogP contribution in [-0.4, -0.2) is 48.3 Å². The van der Waals surface area contributed by atoms with Crippen molar-refractivity contribution in [3.8, 4) is 0 Å². The fraction of sp³-hybridized carbons (Fsp3) is 1.00. The van der Waals surface area contributed by atoms with E-state index in [0.717, 1.165) is 11.0 Å². The molecule has 0 radical (unpaired) electrons. The molecular weight excluding hydrogens is 437 g/mol. The maximum Gasteiger partial charge on any atom is 0.116 e. The van der Waals surface area contributed by atoms with Gasteiger partial charge in [0.25, 0.3) is 0 Å². The molecule has 0 rings (SSSR count). The van der Waals surface area contributed by atoms with Gasteiger partial charge < -0.3 is 22.0 Å². The molecule has 1 N–H and O–H groups in total. The van der Waals surface area contributed by atoms with Gasteiger partial charge in [-0.05, 0) is 25.7 Å². The number of likely N-dealkylation sites (N-methyl/N-ethyl adjacent to an activating group) is 1. The highest BCUT2D eigenvalue weighted by Gasteiger charge is 2.24. The molecular formula is C28H59Cl2NO. The normalized spacial score (nSPS) is 12.7. The summed E-state index contributed by atoms with van der Waals surface area (Å²) in [6, 6.07) is 0. The van der Waals surface area contributed by atoms with Crippen molar-refractivity contribution in [1.29, 1.82) is 0 Å². The Morgan fingerprint density at radius 1 is 0.562 bits per heavy atom. The maximum absolute atomic E-state index is 10.2. The van der Waals surface area contributed by atoms with Crippen molar-refractivity contribution in [2.75, 3.05) is 32.6 Å². The maximum atomic E-state index is 10.2. The number of halogens is 2. The zero-order chi connectivity index (χ0) is 23.0. The summed E-state index contributed by atoms with van der Waals surface area (Å²) in [6.07, 6.45) is 27.4. The van der Waals surface area contributed by atoms with E-state index in [9.17, 15) is 5.11 Å². The number of rotatable bonds is 25. The van der Waals surface area contributed by atoms with Gasteiger partial charge in [-0.15, -0.1) is 11.6 Å². The molecule has 0 aliphatic carbocycles. The summed E-state index contributed by atoms with van der Waals surface area (Å²) in [5.41, 5.74) is 0. The summed E-state index contributed by atoms with van der Waals surface area (Å²) < 4.78 is 1.00. The largest absolute Gasteiger partial charge is 1.00 e. The molecule has 1 unspecified atom stereocenters. The summed E-state index contributed by atoms with van der Waals surface area (Å²) in [4.78, 5) is 0. The minimum Gasteiger partial charge on any atom is -1.00 e. The van der Waals surface area contributed by atoms with Crippen molar-refractivity contribution in [3.63, 3.8) is 0 Å². The smallest absolute Gasteiger partial charge is 0.116 e. The Kier molecular flexibility index (Phi) is 28.3. The van der Waals surface area contributed by atoms with Crippen molar-refractivity contribution in [1.82, 2.24) is 0 Å². The van der Waals surface area contributed by atoms with E-state index in [0.29, 0.717) is 5.88 Å². The van der Waals surface area contributed by atoms with Crippen LogP contribution in [0.3, 0.4) is 0 Å². The molecule has 0 aliphatic heterocycles. The van der Waals surface area contributed by atoms with Crippen molar-refractivity contribution in [2.24, 2.45) is 0 Å². The third kappa shape index (κ3) is 23.7. The van der Waals surface area contributed by atoms with Gasteiger partial charge in [0.2, 0.25) is 0 Å². The number of quaternary nitrogens is 1. The summed E-state index contributed by atoms with van der Waals surface area (Å²) in [7, 11) is 2.34. The predicted molar refractivity (Wildman–Crippen MR) is 141 cm³/mol. The molecule has 0 saturated heterocycles. The van der Waals surface area contributed by atoms with Crippen LogP contribution < -0.4 is 12.4 Å². The van der Waals surface area contributed by atoms with Crippen LogP contribution in [0.1, 0.15) is 142 Å². The average Bonchev–Trinajstić information content (AvgIpc) is 2.76. The lowest BCUT2D eigenvalue weighted by Crippen LogP contribution is -3.00. The lowest BCUT2D eigenvalue weighted by atomic mass is 10.1. The molecule has 0 aromatic rings. The molecule has 0 aromatic heterocycles. The van der Waals surface area contributed by atoms with Crippen LogP contribution in [0.5, 0.6) is 0 Å². The van der Waals surface area contributed by atoms with E-state index >= 15 is 0 Å². The van der Waals surface area contributed by atoms with Crippen LogP contribution >= 0.6 is 11.6 Å². The van der Waals surface area contributed by atoms with Crippen molar-refractivity contribution < 1.29 is 22.0 Å². The van der Waals surface area contributed by atoms with Crippen LogP contribution in [0.2, 0.25) is 0 Å². The summed E-state index contributed by atoms with van der Waals surface area (Å²) in [6.45, 7) is 7.78. The lowest BCUT2D eigenvalue weighted by molar-refractivity contribution is -0.912. The number of hydrogen-bond donors (Lipinski definition) is 1. The Hall–Kier alpha value is 0.500. The van der Waals surface area contributed by atoms with Crippen LogP contribution in [-0.2, 0) is 0 Å². The first-order valence-corrected chi connectivity index (χ1v) is 14.7. The van der Waals surface area contributed by atoms with E-state index in [-0.39, 0.29) is 18.5 Å². The highest BCUT2D eigenvalue weighted by molar-refractivity contribution is 6.18. The molecule has 0 saturated carbocycles. The van der Waals surface area contributed by atoms with Crippen molar-refractivity contribution in [2.45, 2.75) is 148 Å². The molecule has 2 nitrogen and oxygen atoms in total. The van der Waals surface area contributed by atoms with Crippen LogP contribution in [0, 0.1) is 0 Å². The Morgan fingerprint density at radius 3 is 1.12 bits per heavy atom. The summed E-state index contributed by atoms with van der Waals surface area (Å²) in [5.74, 6) is 0.365. The van der Waals surface area contributed by atoms with E-state index in [2.05, 4.69) is 20.9 Å². The molecule has 32 heavy (non-hydrogen) atoms. The second kappa shape index (κ2) is 26.1. The lowest BCUT2D eigenvalue weighted by Gasteiger charge is -2.36. The van der Waals surface area contributed by atoms with Gasteiger partial charge in [0, 0.05) is 0 Å². The van der Waals surface area contributed by atoms with Gasteiger partial charge in [0.05, 0.1) is 26.0 Å². The molecule has 0 spiro atoms. The molecule has 1 atom stereocenters. The topological polar surface area (TPSA) is 20.2 Å². The number of hydrogen-bond acceptors (Lipinski definition) is 1. The Balaban J connectivity index is 0. The summed E-state index contributed by atoms with van der Waals surface area (Å²) >= 11 is 5.93. The predicted octanol–water partition coefficient (Wildman–Crippen LogP) is 5.88. The minimum absolute atomic E-state index is 0. The SMILES string of the molecule is CCCCCCCCCCCC[N+](C)(CCCCCCCCCCCC)CC(O)CCl.[Cl-]. The first-order valence-electron chi connectivity index (χ1n) is 14.2. The first kappa shape index (κ1) is 34.7. The zero-order valence-electron chi connectivity index (χ0n) is 22.2. The number of unbranched alkanes of at least 4 members (excludes halogenated alkanes) is 18. The van der Waals surface area contributed by atoms with E-state index in [1.807, 2.05) is 0 Å². The molecule has 0 aromatic carbocycles. The number of alkyl halides is 1. The molecule has 0 bridgehead atoms. The molecule has 196 valence electrons. The summed E-state index contributed by atoms with van der Waals surface area (Å²) in [5, 5.41) is 10.2. The van der Waals surface area contributed by atoms with Crippen molar-refractivity contribution >= 4 is 11.6 Å². The third-order valence-electron chi connectivity index (χ3n) is 6.93. The average molecular weight is 497 g/mol. The fourth-order valence-electron chi connectivity index (χ4n) is 4.81. The highest BCUT2D eigenvalue weighted by atomic mass is 35.5. The van der Waals surface area contributed by atoms with Crippen LogP contribution in [0.4, 0.5) is 0 Å². The molecule has 0 fully saturated rings. The third-order valence-corrected chi connectivity index (χ3v) is 7.29. The van der Waals surface area contributed by atoms with Gasteiger partial charge in [-0.2, -0.15) is 0 Å². The monoisotopic (exact) mass is 495 g/mol. The van der Waals surface area contributed by atoms with Crippen LogP contribution in [0.15, 0.2) is 0 Å². The number of aliphatic hydroxyl groups excluding tert-OH is 1. The minimum atomic E-state index is -0.363. The molecule has 4 heteroatoms. The van der Waals surface area contributed by atoms with E-state index in [1.165, 1.54) is 142 Å². The van der Waals surface area contributed by atoms with E-state index in [4.69, 9.17) is 11.6 Å². The second-order valence-electron chi connectivity index (χ2n) is 10.4. The molecule has 0 heterocycles. The number of aliphatic hydroxyl groups is 1. The van der Waals surface area contributed by atoms with Crippen molar-refractivity contribution in [3.05, 3.63) is 0 Å². The second-order valence-corrected chi connectivity index (χ2v) is 10.7. The van der Waals surface area contributed by atoms with E-state index in [1.54, 1.807) is 0 Å². The Bertz CT molecular complexity index is 330. The fourth-order valence-corrected chi connectivity index (χ4v) is 4.91. The van der Waals surface area contributed by atoms with Crippen LogP contribution in [0.25, 0.3) is 0 Å². The van der Waals surface area contributed by atoms with Gasteiger partial charge in [0.1, 0.15) is 12.6 Å². The van der Waals surface area contributed by atoms with Gasteiger partial charge in [-0.25, -0.2) is 0 Å². The highest BCUT2D eigenvalue weighted by Crippen LogP contribution is 2.16.